The number of hydrogen-bond donors (Lipinski definition) is 1. The van der Waals surface area contributed by atoms with Gasteiger partial charge in [-0.05, 0) is 12.3 Å². The first-order valence-electron chi connectivity index (χ1n) is 6.52. The van der Waals surface area contributed by atoms with Gasteiger partial charge in [0.05, 0.1) is 12.5 Å². The highest BCUT2D eigenvalue weighted by Crippen LogP contribution is 2.23. The zero-order valence-corrected chi connectivity index (χ0v) is 12.6. The Morgan fingerprint density at radius 3 is 2.85 bits per heavy atom. The quantitative estimate of drug-likeness (QED) is 0.884. The minimum absolute atomic E-state index is 0.0597. The summed E-state index contributed by atoms with van der Waals surface area (Å²) in [5.41, 5.74) is 0. The highest BCUT2D eigenvalue weighted by atomic mass is 32.1. The molecule has 0 aliphatic carbocycles. The number of hydrogen-bond acceptors (Lipinski definition) is 6. The Kier molecular flexibility index (Phi) is 4.84. The standard InChI is InChI=1S/C13H18N4O2S/c1-8(2)6-10(13-14-4-5-20-13)16-12(18)7-11-15-9(3)19-17-11/h4-5,8,10H,6-7H2,1-3H3,(H,16,18). The molecule has 2 aromatic rings. The molecule has 7 heteroatoms. The molecule has 1 amide bonds. The molecule has 0 aliphatic rings. The van der Waals surface area contributed by atoms with Gasteiger partial charge in [-0.1, -0.05) is 19.0 Å². The van der Waals surface area contributed by atoms with Crippen molar-refractivity contribution >= 4 is 17.2 Å². The van der Waals surface area contributed by atoms with Crippen molar-refractivity contribution in [1.29, 1.82) is 0 Å². The summed E-state index contributed by atoms with van der Waals surface area (Å²) < 4.78 is 4.86. The summed E-state index contributed by atoms with van der Waals surface area (Å²) in [5.74, 6) is 1.22. The van der Waals surface area contributed by atoms with E-state index in [0.717, 1.165) is 11.4 Å². The molecule has 20 heavy (non-hydrogen) atoms. The lowest BCUT2D eigenvalue weighted by Gasteiger charge is -2.18. The SMILES string of the molecule is Cc1nc(CC(=O)NC(CC(C)C)c2nccs2)no1. The van der Waals surface area contributed by atoms with Crippen LogP contribution in [-0.2, 0) is 11.2 Å². The Bertz CT molecular complexity index is 550. The van der Waals surface area contributed by atoms with Crippen LogP contribution in [0.5, 0.6) is 0 Å². The van der Waals surface area contributed by atoms with E-state index in [2.05, 4.69) is 34.3 Å². The Balaban J connectivity index is 1.98. The van der Waals surface area contributed by atoms with E-state index in [4.69, 9.17) is 4.52 Å². The lowest BCUT2D eigenvalue weighted by atomic mass is 10.0. The van der Waals surface area contributed by atoms with E-state index in [1.807, 2.05) is 5.38 Å². The molecule has 2 heterocycles. The molecule has 2 aromatic heterocycles. The first-order valence-corrected chi connectivity index (χ1v) is 7.40. The van der Waals surface area contributed by atoms with Crippen LogP contribution >= 0.6 is 11.3 Å². The summed E-state index contributed by atoms with van der Waals surface area (Å²) in [6, 6.07) is -0.0597. The van der Waals surface area contributed by atoms with E-state index >= 15 is 0 Å². The van der Waals surface area contributed by atoms with Crippen LogP contribution in [0, 0.1) is 12.8 Å². The summed E-state index contributed by atoms with van der Waals surface area (Å²) in [6.45, 7) is 5.94. The molecule has 0 aliphatic heterocycles. The first kappa shape index (κ1) is 14.6. The van der Waals surface area contributed by atoms with Crippen molar-refractivity contribution in [3.63, 3.8) is 0 Å². The summed E-state index contributed by atoms with van der Waals surface area (Å²) in [7, 11) is 0. The molecule has 2 rings (SSSR count). The number of rotatable bonds is 6. The Labute approximate surface area is 121 Å². The van der Waals surface area contributed by atoms with Crippen LogP contribution in [0.2, 0.25) is 0 Å². The van der Waals surface area contributed by atoms with Gasteiger partial charge in [0, 0.05) is 18.5 Å². The summed E-state index contributed by atoms with van der Waals surface area (Å²) in [4.78, 5) is 20.4. The smallest absolute Gasteiger partial charge is 0.228 e. The fourth-order valence-electron chi connectivity index (χ4n) is 1.90. The van der Waals surface area contributed by atoms with E-state index in [0.29, 0.717) is 17.6 Å². The van der Waals surface area contributed by atoms with Crippen LogP contribution in [0.3, 0.4) is 0 Å². The third-order valence-electron chi connectivity index (χ3n) is 2.68. The molecular weight excluding hydrogens is 276 g/mol. The maximum absolute atomic E-state index is 12.1. The van der Waals surface area contributed by atoms with E-state index in [1.54, 1.807) is 24.5 Å². The largest absolute Gasteiger partial charge is 0.346 e. The van der Waals surface area contributed by atoms with Crippen molar-refractivity contribution in [2.45, 2.75) is 39.7 Å². The van der Waals surface area contributed by atoms with Gasteiger partial charge in [0.1, 0.15) is 5.01 Å². The third kappa shape index (κ3) is 4.12. The minimum atomic E-state index is -0.119. The van der Waals surface area contributed by atoms with Gasteiger partial charge in [-0.3, -0.25) is 4.79 Å². The number of carbonyl (C=O) groups is 1. The molecular formula is C13H18N4O2S. The average molecular weight is 294 g/mol. The van der Waals surface area contributed by atoms with Gasteiger partial charge in [0.2, 0.25) is 11.8 Å². The van der Waals surface area contributed by atoms with Crippen LogP contribution in [0.4, 0.5) is 0 Å². The molecule has 1 N–H and O–H groups in total. The van der Waals surface area contributed by atoms with Crippen molar-refractivity contribution in [2.75, 3.05) is 0 Å². The second-order valence-corrected chi connectivity index (χ2v) is 5.95. The third-order valence-corrected chi connectivity index (χ3v) is 3.57. The van der Waals surface area contributed by atoms with E-state index < -0.39 is 0 Å². The Morgan fingerprint density at radius 1 is 1.50 bits per heavy atom. The molecule has 0 bridgehead atoms. The van der Waals surface area contributed by atoms with Gasteiger partial charge in [-0.15, -0.1) is 11.3 Å². The van der Waals surface area contributed by atoms with Gasteiger partial charge >= 0.3 is 0 Å². The average Bonchev–Trinajstić information content (AvgIpc) is 2.99. The maximum Gasteiger partial charge on any atom is 0.228 e. The van der Waals surface area contributed by atoms with Crippen molar-refractivity contribution < 1.29 is 9.32 Å². The number of nitrogens with zero attached hydrogens (tertiary/aromatic N) is 3. The molecule has 1 atom stereocenters. The summed E-state index contributed by atoms with van der Waals surface area (Å²) in [5, 5.41) is 9.56. The fraction of sp³-hybridized carbons (Fsp3) is 0.538. The van der Waals surface area contributed by atoms with Crippen molar-refractivity contribution in [3.8, 4) is 0 Å². The van der Waals surface area contributed by atoms with Crippen LogP contribution in [-0.4, -0.2) is 21.0 Å². The van der Waals surface area contributed by atoms with Crippen LogP contribution in [0.1, 0.15) is 43.0 Å². The van der Waals surface area contributed by atoms with E-state index in [1.165, 1.54) is 0 Å². The monoisotopic (exact) mass is 294 g/mol. The number of aryl methyl sites for hydroxylation is 1. The number of amides is 1. The van der Waals surface area contributed by atoms with E-state index in [-0.39, 0.29) is 18.4 Å². The summed E-state index contributed by atoms with van der Waals surface area (Å²) in [6.07, 6.45) is 2.73. The van der Waals surface area contributed by atoms with Crippen LogP contribution in [0.15, 0.2) is 16.1 Å². The second kappa shape index (κ2) is 6.60. The number of nitrogens with one attached hydrogen (secondary N) is 1. The predicted molar refractivity (Wildman–Crippen MR) is 75.2 cm³/mol. The number of aromatic nitrogens is 3. The van der Waals surface area contributed by atoms with Crippen LogP contribution in [0.25, 0.3) is 0 Å². The second-order valence-electron chi connectivity index (χ2n) is 5.03. The Morgan fingerprint density at radius 2 is 2.30 bits per heavy atom. The molecule has 1 unspecified atom stereocenters. The highest BCUT2D eigenvalue weighted by Gasteiger charge is 2.19. The molecule has 108 valence electrons. The molecule has 0 aromatic carbocycles. The highest BCUT2D eigenvalue weighted by molar-refractivity contribution is 7.09. The number of carbonyl (C=O) groups excluding carboxylic acids is 1. The van der Waals surface area contributed by atoms with Gasteiger partial charge in [0.25, 0.3) is 0 Å². The predicted octanol–water partition coefficient (Wildman–Crippen LogP) is 2.28. The zero-order valence-electron chi connectivity index (χ0n) is 11.8. The lowest BCUT2D eigenvalue weighted by molar-refractivity contribution is -0.121. The minimum Gasteiger partial charge on any atom is -0.346 e. The maximum atomic E-state index is 12.1. The van der Waals surface area contributed by atoms with Gasteiger partial charge in [0.15, 0.2) is 5.82 Å². The number of thiazole rings is 1. The van der Waals surface area contributed by atoms with Gasteiger partial charge < -0.3 is 9.84 Å². The molecule has 0 radical (unpaired) electrons. The van der Waals surface area contributed by atoms with Gasteiger partial charge in [-0.2, -0.15) is 4.98 Å². The topological polar surface area (TPSA) is 80.9 Å². The van der Waals surface area contributed by atoms with Crippen molar-refractivity contribution in [3.05, 3.63) is 28.3 Å². The lowest BCUT2D eigenvalue weighted by Crippen LogP contribution is -2.31. The zero-order chi connectivity index (χ0) is 14.5. The van der Waals surface area contributed by atoms with E-state index in [9.17, 15) is 4.79 Å². The molecule has 6 nitrogen and oxygen atoms in total. The van der Waals surface area contributed by atoms with Crippen LogP contribution < -0.4 is 5.32 Å². The molecule has 0 saturated heterocycles. The fourth-order valence-corrected chi connectivity index (χ4v) is 2.60. The van der Waals surface area contributed by atoms with Crippen molar-refractivity contribution in [2.24, 2.45) is 5.92 Å². The molecule has 0 spiro atoms. The first-order chi connectivity index (χ1) is 9.54. The summed E-state index contributed by atoms with van der Waals surface area (Å²) >= 11 is 1.55. The molecule has 0 saturated carbocycles. The molecule has 0 fully saturated rings. The van der Waals surface area contributed by atoms with Gasteiger partial charge in [-0.25, -0.2) is 4.98 Å². The Hall–Kier alpha value is -1.76. The van der Waals surface area contributed by atoms with Crippen molar-refractivity contribution in [1.82, 2.24) is 20.4 Å². The normalized spacial score (nSPS) is 12.6.